The summed E-state index contributed by atoms with van der Waals surface area (Å²) in [6.45, 7) is 5.82. The lowest BCUT2D eigenvalue weighted by Gasteiger charge is -2.33. The monoisotopic (exact) mass is 384 g/mol. The summed E-state index contributed by atoms with van der Waals surface area (Å²) in [7, 11) is 0. The van der Waals surface area contributed by atoms with Gasteiger partial charge in [0.1, 0.15) is 0 Å². The molecule has 0 saturated carbocycles. The van der Waals surface area contributed by atoms with Crippen LogP contribution >= 0.6 is 0 Å². The zero-order valence-corrected chi connectivity index (χ0v) is 16.5. The lowest BCUT2D eigenvalue weighted by Crippen LogP contribution is -2.43. The summed E-state index contributed by atoms with van der Waals surface area (Å²) >= 11 is 0. The van der Waals surface area contributed by atoms with Crippen molar-refractivity contribution in [1.29, 1.82) is 0 Å². The molecule has 2 aliphatic heterocycles. The molecule has 2 fully saturated rings. The topological polar surface area (TPSA) is 67.7 Å². The zero-order valence-electron chi connectivity index (χ0n) is 16.5. The van der Waals surface area contributed by atoms with Gasteiger partial charge in [-0.15, -0.1) is 0 Å². The number of likely N-dealkylation sites (tertiary alicyclic amines) is 1. The van der Waals surface area contributed by atoms with Crippen molar-refractivity contribution in [2.45, 2.75) is 45.2 Å². The highest BCUT2D eigenvalue weighted by Gasteiger charge is 2.24. The van der Waals surface area contributed by atoms with Gasteiger partial charge >= 0.3 is 0 Å². The number of piperidine rings is 1. The summed E-state index contributed by atoms with van der Waals surface area (Å²) in [5.41, 5.74) is 1.44. The fourth-order valence-corrected chi connectivity index (χ4v) is 4.20. The molecule has 28 heavy (non-hydrogen) atoms. The average Bonchev–Trinajstić information content (AvgIpc) is 2.73. The molecule has 0 radical (unpaired) electrons. The second-order valence-corrected chi connectivity index (χ2v) is 7.66. The molecule has 1 unspecified atom stereocenters. The van der Waals surface area contributed by atoms with Crippen LogP contribution in [0.25, 0.3) is 11.0 Å². The van der Waals surface area contributed by atoms with Gasteiger partial charge < -0.3 is 19.1 Å². The number of benzene rings is 1. The van der Waals surface area contributed by atoms with Crippen LogP contribution in [0.2, 0.25) is 0 Å². The number of nitrogens with zero attached hydrogens (tertiary/aromatic N) is 4. The van der Waals surface area contributed by atoms with Gasteiger partial charge in [-0.2, -0.15) is 0 Å². The fourth-order valence-electron chi connectivity index (χ4n) is 4.20. The van der Waals surface area contributed by atoms with E-state index < -0.39 is 0 Å². The quantitative estimate of drug-likeness (QED) is 0.807. The summed E-state index contributed by atoms with van der Waals surface area (Å²) in [4.78, 5) is 34.6. The van der Waals surface area contributed by atoms with Crippen LogP contribution in [0.15, 0.2) is 29.1 Å². The Bertz CT molecular complexity index is 904. The van der Waals surface area contributed by atoms with Gasteiger partial charge in [-0.3, -0.25) is 9.59 Å². The third-order valence-corrected chi connectivity index (χ3v) is 5.82. The van der Waals surface area contributed by atoms with E-state index in [1.165, 1.54) is 6.42 Å². The molecule has 3 heterocycles. The van der Waals surface area contributed by atoms with Crippen LogP contribution < -0.4 is 10.5 Å². The molecule has 0 spiro atoms. The summed E-state index contributed by atoms with van der Waals surface area (Å²) in [6.07, 6.45) is 3.64. The van der Waals surface area contributed by atoms with Crippen molar-refractivity contribution in [3.63, 3.8) is 0 Å². The first-order valence-corrected chi connectivity index (χ1v) is 10.3. The lowest BCUT2D eigenvalue weighted by atomic mass is 10.0. The van der Waals surface area contributed by atoms with Crippen molar-refractivity contribution in [2.75, 3.05) is 37.7 Å². The third-order valence-electron chi connectivity index (χ3n) is 5.82. The third kappa shape index (κ3) is 3.76. The Balaban J connectivity index is 1.62. The molecule has 7 heteroatoms. The highest BCUT2D eigenvalue weighted by molar-refractivity contribution is 5.78. The number of hydrogen-bond donors (Lipinski definition) is 0. The number of anilines is 1. The Kier molecular flexibility index (Phi) is 5.62. The van der Waals surface area contributed by atoms with Crippen LogP contribution in [0, 0.1) is 0 Å². The standard InChI is InChI=1S/C21H28N4O3/c1-16-6-4-5-10-24(16)19(26)9-11-25-18-8-3-2-7-17(18)22-20(21(25)27)23-12-14-28-15-13-23/h2-3,7-8,16H,4-6,9-15H2,1H3. The smallest absolute Gasteiger partial charge is 0.294 e. The van der Waals surface area contributed by atoms with Crippen LogP contribution in [0.3, 0.4) is 0 Å². The van der Waals surface area contributed by atoms with Gasteiger partial charge in [-0.1, -0.05) is 12.1 Å². The predicted molar refractivity (Wildman–Crippen MR) is 109 cm³/mol. The number of hydrogen-bond acceptors (Lipinski definition) is 5. The fraction of sp³-hybridized carbons (Fsp3) is 0.571. The van der Waals surface area contributed by atoms with Crippen molar-refractivity contribution in [1.82, 2.24) is 14.5 Å². The number of aryl methyl sites for hydroxylation is 1. The summed E-state index contributed by atoms with van der Waals surface area (Å²) < 4.78 is 7.13. The van der Waals surface area contributed by atoms with E-state index in [2.05, 4.69) is 11.9 Å². The number of rotatable bonds is 4. The van der Waals surface area contributed by atoms with E-state index in [0.29, 0.717) is 45.1 Å². The second kappa shape index (κ2) is 8.31. The SMILES string of the molecule is CC1CCCCN1C(=O)CCn1c(=O)c(N2CCOCC2)nc2ccccc21. The first-order valence-electron chi connectivity index (χ1n) is 10.3. The van der Waals surface area contributed by atoms with Crippen LogP contribution in [0.1, 0.15) is 32.6 Å². The molecule has 1 amide bonds. The summed E-state index contributed by atoms with van der Waals surface area (Å²) in [5.74, 6) is 0.591. The van der Waals surface area contributed by atoms with E-state index in [9.17, 15) is 9.59 Å². The van der Waals surface area contributed by atoms with Crippen molar-refractivity contribution in [3.05, 3.63) is 34.6 Å². The second-order valence-electron chi connectivity index (χ2n) is 7.66. The number of amides is 1. The minimum Gasteiger partial charge on any atom is -0.378 e. The van der Waals surface area contributed by atoms with Crippen molar-refractivity contribution < 1.29 is 9.53 Å². The molecule has 4 rings (SSSR count). The van der Waals surface area contributed by atoms with Crippen LogP contribution in [-0.2, 0) is 16.1 Å². The molecule has 150 valence electrons. The van der Waals surface area contributed by atoms with Gasteiger partial charge in [-0.05, 0) is 38.3 Å². The maximum Gasteiger partial charge on any atom is 0.294 e. The lowest BCUT2D eigenvalue weighted by molar-refractivity contribution is -0.134. The van der Waals surface area contributed by atoms with E-state index in [1.807, 2.05) is 34.1 Å². The number of carbonyl (C=O) groups excluding carboxylic acids is 1. The van der Waals surface area contributed by atoms with Gasteiger partial charge in [0.2, 0.25) is 5.91 Å². The largest absolute Gasteiger partial charge is 0.378 e. The Labute approximate surface area is 164 Å². The molecule has 2 saturated heterocycles. The van der Waals surface area contributed by atoms with Gasteiger partial charge in [0.15, 0.2) is 5.82 Å². The van der Waals surface area contributed by atoms with Gasteiger partial charge in [0, 0.05) is 38.6 Å². The van der Waals surface area contributed by atoms with E-state index in [4.69, 9.17) is 4.74 Å². The molecule has 1 aromatic heterocycles. The minimum atomic E-state index is -0.125. The zero-order chi connectivity index (χ0) is 19.5. The predicted octanol–water partition coefficient (Wildman–Crippen LogP) is 2.02. The summed E-state index contributed by atoms with van der Waals surface area (Å²) in [6, 6.07) is 7.94. The number of fused-ring (bicyclic) bond motifs is 1. The van der Waals surface area contributed by atoms with Crippen LogP contribution in [0.4, 0.5) is 5.82 Å². The number of para-hydroxylation sites is 2. The number of carbonyl (C=O) groups is 1. The van der Waals surface area contributed by atoms with E-state index in [1.54, 1.807) is 4.57 Å². The molecule has 1 aromatic carbocycles. The van der Waals surface area contributed by atoms with Crippen LogP contribution in [-0.4, -0.2) is 59.2 Å². The van der Waals surface area contributed by atoms with Gasteiger partial charge in [0.05, 0.1) is 24.2 Å². The Morgan fingerprint density at radius 1 is 1.18 bits per heavy atom. The minimum absolute atomic E-state index is 0.125. The molecule has 0 bridgehead atoms. The van der Waals surface area contributed by atoms with E-state index in [-0.39, 0.29) is 17.5 Å². The number of morpholine rings is 1. The molecular weight excluding hydrogens is 356 g/mol. The highest BCUT2D eigenvalue weighted by Crippen LogP contribution is 2.19. The first-order chi connectivity index (χ1) is 13.6. The maximum atomic E-state index is 13.2. The molecule has 0 N–H and O–H groups in total. The van der Waals surface area contributed by atoms with Gasteiger partial charge in [-0.25, -0.2) is 4.98 Å². The Hall–Kier alpha value is -2.41. The van der Waals surface area contributed by atoms with Crippen molar-refractivity contribution >= 4 is 22.8 Å². The molecule has 0 aliphatic carbocycles. The normalized spacial score (nSPS) is 20.5. The molecule has 2 aliphatic rings. The summed E-state index contributed by atoms with van der Waals surface area (Å²) in [5, 5.41) is 0. The van der Waals surface area contributed by atoms with E-state index >= 15 is 0 Å². The number of aromatic nitrogens is 2. The first kappa shape index (κ1) is 18.9. The Morgan fingerprint density at radius 2 is 1.96 bits per heavy atom. The van der Waals surface area contributed by atoms with Gasteiger partial charge in [0.25, 0.3) is 5.56 Å². The maximum absolute atomic E-state index is 13.2. The van der Waals surface area contributed by atoms with Crippen molar-refractivity contribution in [2.24, 2.45) is 0 Å². The molecule has 2 aromatic rings. The average molecular weight is 384 g/mol. The molecule has 1 atom stereocenters. The molecule has 7 nitrogen and oxygen atoms in total. The van der Waals surface area contributed by atoms with E-state index in [0.717, 1.165) is 30.4 Å². The highest BCUT2D eigenvalue weighted by atomic mass is 16.5. The molecular formula is C21H28N4O3. The number of ether oxygens (including phenoxy) is 1. The Morgan fingerprint density at radius 3 is 2.75 bits per heavy atom. The van der Waals surface area contributed by atoms with Crippen molar-refractivity contribution in [3.8, 4) is 0 Å². The van der Waals surface area contributed by atoms with Crippen LogP contribution in [0.5, 0.6) is 0 Å².